The molecule has 1 saturated carbocycles. The Balaban J connectivity index is 1.61. The summed E-state index contributed by atoms with van der Waals surface area (Å²) in [6, 6.07) is 10.2. The second kappa shape index (κ2) is 5.45. The molecule has 1 N–H and O–H groups in total. The molecule has 1 aromatic carbocycles. The van der Waals surface area contributed by atoms with E-state index in [9.17, 15) is 5.11 Å². The number of rotatable bonds is 6. The van der Waals surface area contributed by atoms with Crippen LogP contribution in [-0.4, -0.2) is 32.4 Å². The fourth-order valence-electron chi connectivity index (χ4n) is 2.38. The number of aromatic nitrogens is 2. The van der Waals surface area contributed by atoms with E-state index in [-0.39, 0.29) is 0 Å². The van der Waals surface area contributed by atoms with E-state index in [4.69, 9.17) is 0 Å². The molecule has 4 nitrogen and oxygen atoms in total. The number of benzene rings is 1. The summed E-state index contributed by atoms with van der Waals surface area (Å²) in [5.41, 5.74) is 1.17. The van der Waals surface area contributed by atoms with Crippen LogP contribution < -0.4 is 0 Å². The standard InChI is InChI=1S/C15H19N3O/c19-15-4-1-3-13(11-15)12-17(14-5-6-14)9-10-18-8-2-7-16-18/h1-4,7-8,11,14,19H,5-6,9-10,12H2. The summed E-state index contributed by atoms with van der Waals surface area (Å²) in [6.07, 6.45) is 6.39. The first-order valence-corrected chi connectivity index (χ1v) is 6.80. The Hall–Kier alpha value is -1.81. The van der Waals surface area contributed by atoms with E-state index in [0.717, 1.165) is 19.6 Å². The molecule has 19 heavy (non-hydrogen) atoms. The van der Waals surface area contributed by atoms with Gasteiger partial charge in [0.2, 0.25) is 0 Å². The van der Waals surface area contributed by atoms with Gasteiger partial charge in [0.25, 0.3) is 0 Å². The number of phenols is 1. The van der Waals surface area contributed by atoms with Crippen LogP contribution in [0, 0.1) is 0 Å². The van der Waals surface area contributed by atoms with Crippen LogP contribution in [0.15, 0.2) is 42.7 Å². The Morgan fingerprint density at radius 3 is 2.89 bits per heavy atom. The number of aromatic hydroxyl groups is 1. The number of phenolic OH excluding ortho intramolecular Hbond substituents is 1. The molecule has 100 valence electrons. The van der Waals surface area contributed by atoms with Crippen LogP contribution in [0.1, 0.15) is 18.4 Å². The van der Waals surface area contributed by atoms with E-state index in [1.165, 1.54) is 18.4 Å². The molecule has 1 aliphatic carbocycles. The van der Waals surface area contributed by atoms with Crippen molar-refractivity contribution in [1.82, 2.24) is 14.7 Å². The fourth-order valence-corrected chi connectivity index (χ4v) is 2.38. The van der Waals surface area contributed by atoms with Crippen molar-refractivity contribution in [1.29, 1.82) is 0 Å². The van der Waals surface area contributed by atoms with E-state index in [0.29, 0.717) is 11.8 Å². The van der Waals surface area contributed by atoms with Gasteiger partial charge in [-0.15, -0.1) is 0 Å². The largest absolute Gasteiger partial charge is 0.508 e. The first-order chi connectivity index (χ1) is 9.31. The van der Waals surface area contributed by atoms with Crippen molar-refractivity contribution in [2.45, 2.75) is 32.0 Å². The quantitative estimate of drug-likeness (QED) is 0.863. The molecule has 1 aromatic heterocycles. The van der Waals surface area contributed by atoms with Gasteiger partial charge in [-0.3, -0.25) is 9.58 Å². The molecule has 0 aliphatic heterocycles. The molecule has 2 aromatic rings. The molecule has 0 saturated heterocycles. The summed E-state index contributed by atoms with van der Waals surface area (Å²) < 4.78 is 1.97. The average molecular weight is 257 g/mol. The SMILES string of the molecule is Oc1cccc(CN(CCn2cccn2)C2CC2)c1. The highest BCUT2D eigenvalue weighted by Crippen LogP contribution is 2.28. The zero-order valence-electron chi connectivity index (χ0n) is 10.9. The van der Waals surface area contributed by atoms with E-state index in [1.807, 2.05) is 35.3 Å². The topological polar surface area (TPSA) is 41.3 Å². The van der Waals surface area contributed by atoms with Crippen molar-refractivity contribution in [2.24, 2.45) is 0 Å². The van der Waals surface area contributed by atoms with Crippen molar-refractivity contribution in [3.8, 4) is 5.75 Å². The maximum atomic E-state index is 9.53. The van der Waals surface area contributed by atoms with E-state index >= 15 is 0 Å². The van der Waals surface area contributed by atoms with Gasteiger partial charge >= 0.3 is 0 Å². The first-order valence-electron chi connectivity index (χ1n) is 6.80. The van der Waals surface area contributed by atoms with Crippen molar-refractivity contribution < 1.29 is 5.11 Å². The molecule has 3 rings (SSSR count). The highest BCUT2D eigenvalue weighted by Gasteiger charge is 2.28. The Morgan fingerprint density at radius 2 is 2.21 bits per heavy atom. The van der Waals surface area contributed by atoms with E-state index in [2.05, 4.69) is 16.1 Å². The normalized spacial score (nSPS) is 15.0. The van der Waals surface area contributed by atoms with Gasteiger partial charge in [0.1, 0.15) is 5.75 Å². The molecule has 4 heteroatoms. The van der Waals surface area contributed by atoms with Crippen molar-refractivity contribution >= 4 is 0 Å². The lowest BCUT2D eigenvalue weighted by Crippen LogP contribution is -2.29. The van der Waals surface area contributed by atoms with Crippen LogP contribution in [0.5, 0.6) is 5.75 Å². The maximum absolute atomic E-state index is 9.53. The van der Waals surface area contributed by atoms with Crippen molar-refractivity contribution in [2.75, 3.05) is 6.54 Å². The number of hydrogen-bond donors (Lipinski definition) is 1. The average Bonchev–Trinajstić information content (AvgIpc) is 3.11. The van der Waals surface area contributed by atoms with Gasteiger partial charge in [0, 0.05) is 31.5 Å². The Bertz CT molecular complexity index is 520. The zero-order valence-corrected chi connectivity index (χ0v) is 10.9. The monoisotopic (exact) mass is 257 g/mol. The second-order valence-electron chi connectivity index (χ2n) is 5.14. The van der Waals surface area contributed by atoms with Gasteiger partial charge in [0.15, 0.2) is 0 Å². The molecule has 1 fully saturated rings. The number of hydrogen-bond acceptors (Lipinski definition) is 3. The van der Waals surface area contributed by atoms with Gasteiger partial charge in [0.05, 0.1) is 6.54 Å². The van der Waals surface area contributed by atoms with E-state index in [1.54, 1.807) is 6.07 Å². The Morgan fingerprint density at radius 1 is 1.32 bits per heavy atom. The van der Waals surface area contributed by atoms with Crippen LogP contribution in [0.3, 0.4) is 0 Å². The minimum absolute atomic E-state index is 0.348. The van der Waals surface area contributed by atoms with Crippen molar-refractivity contribution in [3.63, 3.8) is 0 Å². The summed E-state index contributed by atoms with van der Waals surface area (Å²) in [7, 11) is 0. The Kier molecular flexibility index (Phi) is 3.51. The summed E-state index contributed by atoms with van der Waals surface area (Å²) in [5.74, 6) is 0.348. The summed E-state index contributed by atoms with van der Waals surface area (Å²) in [4.78, 5) is 2.48. The molecular weight excluding hydrogens is 238 g/mol. The van der Waals surface area contributed by atoms with E-state index < -0.39 is 0 Å². The summed E-state index contributed by atoms with van der Waals surface area (Å²) in [5, 5.41) is 13.8. The fraction of sp³-hybridized carbons (Fsp3) is 0.400. The van der Waals surface area contributed by atoms with Crippen LogP contribution in [0.2, 0.25) is 0 Å². The molecular formula is C15H19N3O. The van der Waals surface area contributed by atoms with Crippen LogP contribution >= 0.6 is 0 Å². The van der Waals surface area contributed by atoms with Crippen molar-refractivity contribution in [3.05, 3.63) is 48.3 Å². The second-order valence-corrected chi connectivity index (χ2v) is 5.14. The molecule has 0 bridgehead atoms. The molecule has 1 aliphatic rings. The van der Waals surface area contributed by atoms with Crippen LogP contribution in [0.25, 0.3) is 0 Å². The molecule has 0 amide bonds. The molecule has 0 unspecified atom stereocenters. The minimum Gasteiger partial charge on any atom is -0.508 e. The van der Waals surface area contributed by atoms with Gasteiger partial charge < -0.3 is 5.11 Å². The minimum atomic E-state index is 0.348. The van der Waals surface area contributed by atoms with Gasteiger partial charge in [-0.1, -0.05) is 12.1 Å². The Labute approximate surface area is 113 Å². The van der Waals surface area contributed by atoms with Gasteiger partial charge in [-0.2, -0.15) is 5.10 Å². The first kappa shape index (κ1) is 12.2. The lowest BCUT2D eigenvalue weighted by atomic mass is 10.2. The van der Waals surface area contributed by atoms with Gasteiger partial charge in [-0.25, -0.2) is 0 Å². The van der Waals surface area contributed by atoms with Crippen LogP contribution in [0.4, 0.5) is 0 Å². The predicted octanol–water partition coefficient (Wildman–Crippen LogP) is 2.25. The molecule has 1 heterocycles. The summed E-state index contributed by atoms with van der Waals surface area (Å²) in [6.45, 7) is 2.82. The third-order valence-corrected chi connectivity index (χ3v) is 3.54. The van der Waals surface area contributed by atoms with Gasteiger partial charge in [-0.05, 0) is 36.6 Å². The lowest BCUT2D eigenvalue weighted by Gasteiger charge is -2.22. The molecule has 0 atom stereocenters. The predicted molar refractivity (Wildman–Crippen MR) is 73.8 cm³/mol. The third kappa shape index (κ3) is 3.35. The molecule has 0 spiro atoms. The van der Waals surface area contributed by atoms with Crippen LogP contribution in [-0.2, 0) is 13.1 Å². The maximum Gasteiger partial charge on any atom is 0.115 e. The number of nitrogens with zero attached hydrogens (tertiary/aromatic N) is 3. The highest BCUT2D eigenvalue weighted by molar-refractivity contribution is 5.27. The third-order valence-electron chi connectivity index (χ3n) is 3.54. The zero-order chi connectivity index (χ0) is 13.1. The smallest absolute Gasteiger partial charge is 0.115 e. The molecule has 0 radical (unpaired) electrons. The highest BCUT2D eigenvalue weighted by atomic mass is 16.3. The summed E-state index contributed by atoms with van der Waals surface area (Å²) >= 11 is 0. The lowest BCUT2D eigenvalue weighted by molar-refractivity contribution is 0.240.